The Morgan fingerprint density at radius 1 is 1.23 bits per heavy atom. The highest BCUT2D eigenvalue weighted by Gasteiger charge is 2.42. The monoisotopic (exact) mass is 349 g/mol. The highest BCUT2D eigenvalue weighted by atomic mass is 16.5. The van der Waals surface area contributed by atoms with Crippen LogP contribution in [0.15, 0.2) is 52.9 Å². The van der Waals surface area contributed by atoms with E-state index in [1.165, 1.54) is 5.56 Å². The lowest BCUT2D eigenvalue weighted by Gasteiger charge is -2.05. The van der Waals surface area contributed by atoms with Crippen LogP contribution in [0.5, 0.6) is 5.75 Å². The fourth-order valence-electron chi connectivity index (χ4n) is 3.59. The van der Waals surface area contributed by atoms with E-state index >= 15 is 0 Å². The summed E-state index contributed by atoms with van der Waals surface area (Å²) in [6.07, 6.45) is 1.59. The number of amides is 1. The van der Waals surface area contributed by atoms with Crippen LogP contribution in [-0.2, 0) is 4.79 Å². The third-order valence-electron chi connectivity index (χ3n) is 5.15. The van der Waals surface area contributed by atoms with Crippen LogP contribution < -0.4 is 10.1 Å². The first-order valence-corrected chi connectivity index (χ1v) is 9.13. The van der Waals surface area contributed by atoms with E-state index in [0.29, 0.717) is 18.3 Å². The number of nitrogens with one attached hydrogen (secondary N) is 1. The molecule has 4 nitrogen and oxygen atoms in total. The zero-order chi connectivity index (χ0) is 18.1. The lowest BCUT2D eigenvalue weighted by atomic mass is 10.0. The van der Waals surface area contributed by atoms with E-state index in [1.54, 1.807) is 7.11 Å². The zero-order valence-corrected chi connectivity index (χ0v) is 15.1. The molecule has 0 saturated heterocycles. The number of furan rings is 1. The van der Waals surface area contributed by atoms with E-state index in [2.05, 4.69) is 23.5 Å². The summed E-state index contributed by atoms with van der Waals surface area (Å²) in [7, 11) is 1.68. The standard InChI is InChI=1S/C22H23NO3/c1-3-20(24)23-13-15-11-17(15)21-18-12-16(25-2)9-10-19(18)26-22(21)14-7-5-4-6-8-14/h4-10,12,15,17H,3,11,13H2,1-2H3,(H,23,24)/t15-,17+/m0/s1. The minimum absolute atomic E-state index is 0.109. The molecule has 0 bridgehead atoms. The lowest BCUT2D eigenvalue weighted by Crippen LogP contribution is -2.24. The van der Waals surface area contributed by atoms with Gasteiger partial charge in [-0.1, -0.05) is 37.3 Å². The number of carbonyl (C=O) groups is 1. The van der Waals surface area contributed by atoms with Gasteiger partial charge in [-0.15, -0.1) is 0 Å². The number of hydrogen-bond donors (Lipinski definition) is 1. The SMILES string of the molecule is CCC(=O)NC[C@@H]1C[C@H]1c1c(-c2ccccc2)oc2ccc(OC)cc12. The van der Waals surface area contributed by atoms with Crippen LogP contribution in [0, 0.1) is 5.92 Å². The molecule has 0 unspecified atom stereocenters. The molecule has 1 aliphatic rings. The van der Waals surface area contributed by atoms with Crippen molar-refractivity contribution in [2.24, 2.45) is 5.92 Å². The van der Waals surface area contributed by atoms with Gasteiger partial charge >= 0.3 is 0 Å². The molecule has 2 atom stereocenters. The number of hydrogen-bond acceptors (Lipinski definition) is 3. The van der Waals surface area contributed by atoms with Gasteiger partial charge in [-0.2, -0.15) is 0 Å². The number of ether oxygens (including phenoxy) is 1. The van der Waals surface area contributed by atoms with Crippen molar-refractivity contribution >= 4 is 16.9 Å². The van der Waals surface area contributed by atoms with Gasteiger partial charge in [0.2, 0.25) is 5.91 Å². The van der Waals surface area contributed by atoms with Gasteiger partial charge in [-0.3, -0.25) is 4.79 Å². The van der Waals surface area contributed by atoms with Crippen molar-refractivity contribution in [3.05, 3.63) is 54.1 Å². The molecule has 4 heteroatoms. The van der Waals surface area contributed by atoms with Crippen LogP contribution in [0.4, 0.5) is 0 Å². The lowest BCUT2D eigenvalue weighted by molar-refractivity contribution is -0.120. The van der Waals surface area contributed by atoms with Crippen LogP contribution in [0.25, 0.3) is 22.3 Å². The molecule has 4 rings (SSSR count). The van der Waals surface area contributed by atoms with Gasteiger partial charge in [0.1, 0.15) is 17.1 Å². The van der Waals surface area contributed by atoms with Gasteiger partial charge in [0.25, 0.3) is 0 Å². The van der Waals surface area contributed by atoms with Gasteiger partial charge in [0.05, 0.1) is 7.11 Å². The topological polar surface area (TPSA) is 51.5 Å². The summed E-state index contributed by atoms with van der Waals surface area (Å²) < 4.78 is 11.7. The summed E-state index contributed by atoms with van der Waals surface area (Å²) in [5.41, 5.74) is 3.20. The Morgan fingerprint density at radius 2 is 2.04 bits per heavy atom. The van der Waals surface area contributed by atoms with Crippen molar-refractivity contribution in [1.82, 2.24) is 5.32 Å². The highest BCUT2D eigenvalue weighted by Crippen LogP contribution is 2.53. The van der Waals surface area contributed by atoms with E-state index in [-0.39, 0.29) is 5.91 Å². The number of rotatable bonds is 6. The molecule has 1 saturated carbocycles. The van der Waals surface area contributed by atoms with Gasteiger partial charge in [-0.25, -0.2) is 0 Å². The highest BCUT2D eigenvalue weighted by molar-refractivity contribution is 5.90. The second-order valence-electron chi connectivity index (χ2n) is 6.83. The predicted molar refractivity (Wildman–Crippen MR) is 102 cm³/mol. The van der Waals surface area contributed by atoms with Crippen molar-refractivity contribution in [1.29, 1.82) is 0 Å². The molecule has 0 radical (unpaired) electrons. The molecule has 1 N–H and O–H groups in total. The summed E-state index contributed by atoms with van der Waals surface area (Å²) >= 11 is 0. The maximum absolute atomic E-state index is 11.6. The quantitative estimate of drug-likeness (QED) is 0.699. The van der Waals surface area contributed by atoms with Crippen molar-refractivity contribution in [3.8, 4) is 17.1 Å². The number of fused-ring (bicyclic) bond motifs is 1. The molecule has 1 fully saturated rings. The molecule has 1 heterocycles. The number of benzene rings is 2. The maximum atomic E-state index is 11.6. The third kappa shape index (κ3) is 3.07. The van der Waals surface area contributed by atoms with Crippen LogP contribution in [0.2, 0.25) is 0 Å². The van der Waals surface area contributed by atoms with Gasteiger partial charge in [-0.05, 0) is 36.5 Å². The normalized spacial score (nSPS) is 18.7. The summed E-state index contributed by atoms with van der Waals surface area (Å²) in [6, 6.07) is 16.2. The molecule has 26 heavy (non-hydrogen) atoms. The van der Waals surface area contributed by atoms with E-state index in [9.17, 15) is 4.79 Å². The molecular weight excluding hydrogens is 326 g/mol. The van der Waals surface area contributed by atoms with Crippen molar-refractivity contribution in [3.63, 3.8) is 0 Å². The minimum Gasteiger partial charge on any atom is -0.497 e. The molecule has 2 aromatic carbocycles. The Morgan fingerprint density at radius 3 is 2.77 bits per heavy atom. The van der Waals surface area contributed by atoms with Gasteiger partial charge in [0.15, 0.2) is 0 Å². The van der Waals surface area contributed by atoms with Gasteiger partial charge < -0.3 is 14.5 Å². The summed E-state index contributed by atoms with van der Waals surface area (Å²) in [4.78, 5) is 11.6. The zero-order valence-electron chi connectivity index (χ0n) is 15.1. The average molecular weight is 349 g/mol. The molecule has 3 aromatic rings. The Labute approximate surface area is 153 Å². The van der Waals surface area contributed by atoms with E-state index in [0.717, 1.165) is 41.0 Å². The first-order chi connectivity index (χ1) is 12.7. The Hall–Kier alpha value is -2.75. The molecule has 0 aliphatic heterocycles. The van der Waals surface area contributed by atoms with E-state index in [4.69, 9.17) is 9.15 Å². The number of methoxy groups -OCH3 is 1. The minimum atomic E-state index is 0.109. The predicted octanol–water partition coefficient (Wildman–Crippen LogP) is 4.74. The maximum Gasteiger partial charge on any atom is 0.219 e. The van der Waals surface area contributed by atoms with Crippen molar-refractivity contribution in [2.75, 3.05) is 13.7 Å². The molecule has 1 amide bonds. The van der Waals surface area contributed by atoms with Crippen molar-refractivity contribution < 1.29 is 13.9 Å². The summed E-state index contributed by atoms with van der Waals surface area (Å²) in [6.45, 7) is 2.60. The molecule has 1 aromatic heterocycles. The summed E-state index contributed by atoms with van der Waals surface area (Å²) in [5.74, 6) is 2.73. The largest absolute Gasteiger partial charge is 0.497 e. The first-order valence-electron chi connectivity index (χ1n) is 9.13. The molecular formula is C22H23NO3. The fourth-order valence-corrected chi connectivity index (χ4v) is 3.59. The van der Waals surface area contributed by atoms with Crippen LogP contribution >= 0.6 is 0 Å². The van der Waals surface area contributed by atoms with Gasteiger partial charge in [0, 0.05) is 29.5 Å². The fraction of sp³-hybridized carbons (Fsp3) is 0.318. The van der Waals surface area contributed by atoms with Crippen LogP contribution in [-0.4, -0.2) is 19.6 Å². The second kappa shape index (κ2) is 6.87. The molecule has 1 aliphatic carbocycles. The third-order valence-corrected chi connectivity index (χ3v) is 5.15. The second-order valence-corrected chi connectivity index (χ2v) is 6.83. The van der Waals surface area contributed by atoms with Crippen LogP contribution in [0.3, 0.4) is 0 Å². The Balaban J connectivity index is 1.73. The Kier molecular flexibility index (Phi) is 4.41. The summed E-state index contributed by atoms with van der Waals surface area (Å²) in [5, 5.41) is 4.13. The van der Waals surface area contributed by atoms with Crippen molar-refractivity contribution in [2.45, 2.75) is 25.7 Å². The van der Waals surface area contributed by atoms with E-state index < -0.39 is 0 Å². The van der Waals surface area contributed by atoms with E-state index in [1.807, 2.05) is 37.3 Å². The first kappa shape index (κ1) is 16.7. The average Bonchev–Trinajstić information content (AvgIpc) is 3.36. The molecule has 0 spiro atoms. The smallest absolute Gasteiger partial charge is 0.219 e. The number of carbonyl (C=O) groups excluding carboxylic acids is 1. The molecule has 134 valence electrons. The Bertz CT molecular complexity index is 929. The van der Waals surface area contributed by atoms with Crippen LogP contribution in [0.1, 0.15) is 31.2 Å².